The quantitative estimate of drug-likeness (QED) is 0.180. The Morgan fingerprint density at radius 2 is 0.865 bits per heavy atom. The average Bonchev–Trinajstić information content (AvgIpc) is 2.94. The minimum atomic E-state index is -2.41. The molecule has 5 heteroatoms. The largest absolute Gasteiger partial charge is 0.497 e. The first-order chi connectivity index (χ1) is 18.0. The van der Waals surface area contributed by atoms with Crippen LogP contribution >= 0.6 is 42.1 Å². The Morgan fingerprint density at radius 3 is 1.24 bits per heavy atom. The van der Waals surface area contributed by atoms with E-state index in [1.165, 1.54) is 27.0 Å². The predicted molar refractivity (Wildman–Crippen MR) is 161 cm³/mol. The Labute approximate surface area is 233 Å². The number of hydrogen-bond acceptors (Lipinski definition) is 1. The summed E-state index contributed by atoms with van der Waals surface area (Å²) in [5.74, 6) is 0.823. The summed E-state index contributed by atoms with van der Waals surface area (Å²) in [6.45, 7) is 0. The maximum absolute atomic E-state index is 6.41. The molecule has 1 atom stereocenters. The Kier molecular flexibility index (Phi) is 7.89. The van der Waals surface area contributed by atoms with Crippen molar-refractivity contribution >= 4 is 58.0 Å². The van der Waals surface area contributed by atoms with Crippen molar-refractivity contribution in [3.8, 4) is 5.75 Å². The molecule has 0 amide bonds. The molecule has 0 saturated carbocycles. The standard InChI is InChI=1S/C32H25Cl3OP/c1-36-28-15-7-24(8-16-28)32(23-5-3-2-4-6-23)37(29-17-9-25(33)10-18-29,30-19-11-26(34)12-20-30)31-21-13-27(35)14-22-31/h2-22,32H,1H3/q+1. The maximum Gasteiger partial charge on any atom is 0.134 e. The zero-order valence-corrected chi connectivity index (χ0v) is 23.4. The number of hydrogen-bond donors (Lipinski definition) is 0. The Hall–Kier alpha value is -2.80. The fraction of sp³-hybridized carbons (Fsp3) is 0.0625. The van der Waals surface area contributed by atoms with Crippen molar-refractivity contribution in [3.63, 3.8) is 0 Å². The highest BCUT2D eigenvalue weighted by atomic mass is 35.5. The van der Waals surface area contributed by atoms with Crippen LogP contribution < -0.4 is 20.7 Å². The Bertz CT molecular complexity index is 1340. The molecule has 0 aliphatic rings. The molecular weight excluding hydrogens is 538 g/mol. The van der Waals surface area contributed by atoms with E-state index in [1.807, 2.05) is 48.5 Å². The molecule has 37 heavy (non-hydrogen) atoms. The first-order valence-corrected chi connectivity index (χ1v) is 14.9. The molecule has 5 aromatic rings. The minimum absolute atomic E-state index is 0.00290. The number of halogens is 3. The summed E-state index contributed by atoms with van der Waals surface area (Å²) in [6, 6.07) is 44.0. The highest BCUT2D eigenvalue weighted by Gasteiger charge is 2.53. The third kappa shape index (κ3) is 5.15. The zero-order valence-electron chi connectivity index (χ0n) is 20.2. The Balaban J connectivity index is 1.93. The van der Waals surface area contributed by atoms with E-state index in [1.54, 1.807) is 7.11 Å². The molecule has 0 aliphatic heterocycles. The highest BCUT2D eigenvalue weighted by molar-refractivity contribution is 7.96. The van der Waals surface area contributed by atoms with Gasteiger partial charge in [0, 0.05) is 15.1 Å². The van der Waals surface area contributed by atoms with Gasteiger partial charge in [-0.25, -0.2) is 0 Å². The molecule has 0 aromatic heterocycles. The zero-order chi connectivity index (χ0) is 25.8. The van der Waals surface area contributed by atoms with Gasteiger partial charge in [-0.2, -0.15) is 0 Å². The van der Waals surface area contributed by atoms with Crippen LogP contribution in [0.3, 0.4) is 0 Å². The van der Waals surface area contributed by atoms with E-state index < -0.39 is 7.26 Å². The second-order valence-electron chi connectivity index (χ2n) is 8.74. The van der Waals surface area contributed by atoms with Crippen LogP contribution in [0.15, 0.2) is 127 Å². The lowest BCUT2D eigenvalue weighted by Crippen LogP contribution is -2.35. The second kappa shape index (κ2) is 11.3. The van der Waals surface area contributed by atoms with Crippen molar-refractivity contribution in [2.45, 2.75) is 5.66 Å². The molecule has 5 aromatic carbocycles. The predicted octanol–water partition coefficient (Wildman–Crippen LogP) is 8.74. The molecule has 0 bridgehead atoms. The van der Waals surface area contributed by atoms with Crippen molar-refractivity contribution in [1.29, 1.82) is 0 Å². The number of ether oxygens (including phenoxy) is 1. The van der Waals surface area contributed by atoms with E-state index in [0.717, 1.165) is 5.75 Å². The number of rotatable bonds is 7. The van der Waals surface area contributed by atoms with Gasteiger partial charge in [-0.1, -0.05) is 77.3 Å². The summed E-state index contributed by atoms with van der Waals surface area (Å²) in [7, 11) is -0.716. The van der Waals surface area contributed by atoms with Gasteiger partial charge in [0.25, 0.3) is 0 Å². The molecule has 0 heterocycles. The van der Waals surface area contributed by atoms with E-state index in [-0.39, 0.29) is 5.66 Å². The van der Waals surface area contributed by atoms with Crippen molar-refractivity contribution < 1.29 is 4.74 Å². The van der Waals surface area contributed by atoms with Crippen molar-refractivity contribution in [2.75, 3.05) is 7.11 Å². The number of benzene rings is 5. The van der Waals surface area contributed by atoms with Crippen LogP contribution in [-0.2, 0) is 0 Å². The van der Waals surface area contributed by atoms with Gasteiger partial charge in [0.15, 0.2) is 0 Å². The normalized spacial score (nSPS) is 12.2. The van der Waals surface area contributed by atoms with Gasteiger partial charge < -0.3 is 4.74 Å². The van der Waals surface area contributed by atoms with E-state index >= 15 is 0 Å². The third-order valence-corrected chi connectivity index (χ3v) is 12.1. The van der Waals surface area contributed by atoms with Crippen LogP contribution in [0.1, 0.15) is 16.8 Å². The molecule has 0 N–H and O–H groups in total. The highest BCUT2D eigenvalue weighted by Crippen LogP contribution is 2.69. The summed E-state index contributed by atoms with van der Waals surface area (Å²) in [6.07, 6.45) is 0. The van der Waals surface area contributed by atoms with E-state index in [2.05, 4.69) is 78.9 Å². The van der Waals surface area contributed by atoms with Gasteiger partial charge in [-0.05, 0) is 96.1 Å². The van der Waals surface area contributed by atoms with Crippen molar-refractivity contribution in [2.24, 2.45) is 0 Å². The lowest BCUT2D eigenvalue weighted by atomic mass is 10.0. The molecular formula is C32H25Cl3OP+. The smallest absolute Gasteiger partial charge is 0.134 e. The van der Waals surface area contributed by atoms with E-state index in [9.17, 15) is 0 Å². The van der Waals surface area contributed by atoms with Crippen LogP contribution in [-0.4, -0.2) is 7.11 Å². The van der Waals surface area contributed by atoms with Crippen LogP contribution in [0.25, 0.3) is 0 Å². The molecule has 1 nitrogen and oxygen atoms in total. The van der Waals surface area contributed by atoms with Crippen molar-refractivity contribution in [3.05, 3.63) is 154 Å². The molecule has 0 spiro atoms. The van der Waals surface area contributed by atoms with E-state index in [4.69, 9.17) is 39.5 Å². The van der Waals surface area contributed by atoms with Crippen LogP contribution in [0.5, 0.6) is 5.75 Å². The van der Waals surface area contributed by atoms with Gasteiger partial charge in [0.1, 0.15) is 34.6 Å². The van der Waals surface area contributed by atoms with Gasteiger partial charge in [0.2, 0.25) is 0 Å². The van der Waals surface area contributed by atoms with Gasteiger partial charge >= 0.3 is 0 Å². The van der Waals surface area contributed by atoms with Gasteiger partial charge in [-0.15, -0.1) is 0 Å². The second-order valence-corrected chi connectivity index (χ2v) is 13.6. The molecule has 0 radical (unpaired) electrons. The first kappa shape index (κ1) is 25.8. The lowest BCUT2D eigenvalue weighted by Gasteiger charge is -2.35. The van der Waals surface area contributed by atoms with E-state index in [0.29, 0.717) is 15.1 Å². The van der Waals surface area contributed by atoms with Crippen LogP contribution in [0, 0.1) is 0 Å². The fourth-order valence-corrected chi connectivity index (χ4v) is 10.2. The minimum Gasteiger partial charge on any atom is -0.497 e. The average molecular weight is 563 g/mol. The Morgan fingerprint density at radius 1 is 0.486 bits per heavy atom. The lowest BCUT2D eigenvalue weighted by molar-refractivity contribution is 0.414. The van der Waals surface area contributed by atoms with Crippen molar-refractivity contribution in [1.82, 2.24) is 0 Å². The number of methoxy groups -OCH3 is 1. The first-order valence-electron chi connectivity index (χ1n) is 11.9. The maximum atomic E-state index is 6.41. The van der Waals surface area contributed by atoms with Crippen LogP contribution in [0.4, 0.5) is 0 Å². The molecule has 0 saturated heterocycles. The summed E-state index contributed by atoms with van der Waals surface area (Å²) in [4.78, 5) is 0. The third-order valence-electron chi connectivity index (χ3n) is 6.64. The fourth-order valence-electron chi connectivity index (χ4n) is 4.98. The summed E-state index contributed by atoms with van der Waals surface area (Å²) < 4.78 is 5.50. The molecule has 5 rings (SSSR count). The van der Waals surface area contributed by atoms with Gasteiger partial charge in [-0.3, -0.25) is 0 Å². The summed E-state index contributed by atoms with van der Waals surface area (Å²) in [5, 5.41) is 5.75. The molecule has 1 unspecified atom stereocenters. The molecule has 0 aliphatic carbocycles. The SMILES string of the molecule is COc1ccc(C(c2ccccc2)[P+](c2ccc(Cl)cc2)(c2ccc(Cl)cc2)c2ccc(Cl)cc2)cc1. The monoisotopic (exact) mass is 561 g/mol. The molecule has 0 fully saturated rings. The summed E-state index contributed by atoms with van der Waals surface area (Å²) >= 11 is 19.2. The van der Waals surface area contributed by atoms with Gasteiger partial charge in [0.05, 0.1) is 7.11 Å². The van der Waals surface area contributed by atoms with Crippen LogP contribution in [0.2, 0.25) is 15.1 Å². The molecule has 184 valence electrons. The topological polar surface area (TPSA) is 9.23 Å². The summed E-state index contributed by atoms with van der Waals surface area (Å²) in [5.41, 5.74) is 2.42.